The lowest BCUT2D eigenvalue weighted by molar-refractivity contribution is -0.141. The number of aryl methyl sites for hydroxylation is 1. The van der Waals surface area contributed by atoms with Crippen molar-refractivity contribution < 1.29 is 28.5 Å². The molecule has 36 heavy (non-hydrogen) atoms. The van der Waals surface area contributed by atoms with Gasteiger partial charge in [0.25, 0.3) is 0 Å². The maximum Gasteiger partial charge on any atom is 0.356 e. The van der Waals surface area contributed by atoms with Crippen molar-refractivity contribution in [3.63, 3.8) is 0 Å². The molecule has 1 N–H and O–H groups in total. The number of aromatic nitrogens is 2. The number of rotatable bonds is 5. The Labute approximate surface area is 209 Å². The van der Waals surface area contributed by atoms with E-state index in [1.54, 1.807) is 29.3 Å². The first-order chi connectivity index (χ1) is 17.2. The number of hydrogen-bond donors (Lipinski definition) is 1. The molecule has 2 atom stereocenters. The molecule has 11 heteroatoms. The van der Waals surface area contributed by atoms with Crippen LogP contribution >= 0.6 is 0 Å². The van der Waals surface area contributed by atoms with Gasteiger partial charge in [-0.3, -0.25) is 10.2 Å². The Morgan fingerprint density at radius 3 is 2.83 bits per heavy atom. The van der Waals surface area contributed by atoms with E-state index >= 15 is 0 Å². The second kappa shape index (κ2) is 9.55. The fourth-order valence-electron chi connectivity index (χ4n) is 4.96. The molecule has 0 aliphatic carbocycles. The van der Waals surface area contributed by atoms with E-state index in [-0.39, 0.29) is 23.9 Å². The SMILES string of the molecule is COC(=O)c1cc(C)c2c(n1)N(C(=O)Nc1ccc(OC[C@@H]3COC(C)(C)O3)cn1)C1CCCN2C1. The molecule has 5 rings (SSSR count). The van der Waals surface area contributed by atoms with Gasteiger partial charge in [-0.25, -0.2) is 19.6 Å². The molecular weight excluding hydrogens is 466 g/mol. The largest absolute Gasteiger partial charge is 0.489 e. The van der Waals surface area contributed by atoms with Crippen LogP contribution in [0.2, 0.25) is 0 Å². The molecule has 11 nitrogen and oxygen atoms in total. The molecular formula is C25H31N5O6. The average Bonchev–Trinajstić information content (AvgIpc) is 3.21. The second-order valence-corrected chi connectivity index (χ2v) is 9.67. The van der Waals surface area contributed by atoms with Crippen LogP contribution in [0.3, 0.4) is 0 Å². The Morgan fingerprint density at radius 1 is 1.31 bits per heavy atom. The molecule has 2 aromatic rings. The third-order valence-electron chi connectivity index (χ3n) is 6.56. The van der Waals surface area contributed by atoms with Crippen molar-refractivity contribution >= 4 is 29.3 Å². The molecule has 0 saturated carbocycles. The lowest BCUT2D eigenvalue weighted by Gasteiger charge is -2.46. The first kappa shape index (κ1) is 24.3. The summed E-state index contributed by atoms with van der Waals surface area (Å²) in [6, 6.07) is 4.72. The number of carbonyl (C=O) groups excluding carboxylic acids is 2. The Kier molecular flexibility index (Phi) is 6.44. The van der Waals surface area contributed by atoms with Gasteiger partial charge >= 0.3 is 12.0 Å². The lowest BCUT2D eigenvalue weighted by atomic mass is 9.98. The molecule has 2 fully saturated rings. The number of ether oxygens (including phenoxy) is 4. The number of esters is 1. The van der Waals surface area contributed by atoms with E-state index in [0.717, 1.165) is 30.6 Å². The molecule has 192 valence electrons. The van der Waals surface area contributed by atoms with Crippen LogP contribution in [0, 0.1) is 6.92 Å². The Balaban J connectivity index is 1.31. The van der Waals surface area contributed by atoms with Gasteiger partial charge in [-0.05, 0) is 57.4 Å². The predicted molar refractivity (Wildman–Crippen MR) is 132 cm³/mol. The minimum atomic E-state index is -0.603. The summed E-state index contributed by atoms with van der Waals surface area (Å²) in [5.74, 6) is 0.267. The third-order valence-corrected chi connectivity index (χ3v) is 6.56. The summed E-state index contributed by atoms with van der Waals surface area (Å²) in [6.45, 7) is 8.06. The first-order valence-corrected chi connectivity index (χ1v) is 12.1. The average molecular weight is 498 g/mol. The number of anilines is 3. The second-order valence-electron chi connectivity index (χ2n) is 9.67. The molecule has 2 aromatic heterocycles. The summed E-state index contributed by atoms with van der Waals surface area (Å²) in [5, 5.41) is 2.87. The number of fused-ring (bicyclic) bond motifs is 4. The number of nitrogens with one attached hydrogen (secondary N) is 1. The van der Waals surface area contributed by atoms with Crippen LogP contribution in [0.1, 0.15) is 42.7 Å². The molecule has 3 aliphatic rings. The minimum absolute atomic E-state index is 0.0634. The molecule has 2 saturated heterocycles. The number of carbonyl (C=O) groups is 2. The highest BCUT2D eigenvalue weighted by atomic mass is 16.7. The van der Waals surface area contributed by atoms with E-state index in [1.807, 2.05) is 20.8 Å². The van der Waals surface area contributed by atoms with Crippen LogP contribution in [-0.4, -0.2) is 73.3 Å². The van der Waals surface area contributed by atoms with Gasteiger partial charge in [0.2, 0.25) is 0 Å². The fourth-order valence-corrected chi connectivity index (χ4v) is 4.96. The Hall–Kier alpha value is -3.44. The predicted octanol–water partition coefficient (Wildman–Crippen LogP) is 3.12. The highest BCUT2D eigenvalue weighted by molar-refractivity contribution is 6.05. The normalized spacial score (nSPS) is 22.1. The van der Waals surface area contributed by atoms with E-state index in [1.165, 1.54) is 7.11 Å². The van der Waals surface area contributed by atoms with E-state index in [0.29, 0.717) is 37.1 Å². The van der Waals surface area contributed by atoms with E-state index in [2.05, 4.69) is 20.2 Å². The van der Waals surface area contributed by atoms with Crippen molar-refractivity contribution in [2.75, 3.05) is 48.5 Å². The van der Waals surface area contributed by atoms with Gasteiger partial charge in [-0.1, -0.05) is 0 Å². The zero-order valence-corrected chi connectivity index (χ0v) is 20.9. The minimum Gasteiger partial charge on any atom is -0.489 e. The topological polar surface area (TPSA) is 115 Å². The van der Waals surface area contributed by atoms with Crippen molar-refractivity contribution in [3.8, 4) is 5.75 Å². The molecule has 5 heterocycles. The van der Waals surface area contributed by atoms with E-state index < -0.39 is 11.8 Å². The maximum atomic E-state index is 13.5. The number of piperidine rings is 1. The Bertz CT molecular complexity index is 1150. The monoisotopic (exact) mass is 497 g/mol. The Morgan fingerprint density at radius 2 is 2.14 bits per heavy atom. The highest BCUT2D eigenvalue weighted by Crippen LogP contribution is 2.40. The van der Waals surface area contributed by atoms with Gasteiger partial charge in [0.15, 0.2) is 17.3 Å². The summed E-state index contributed by atoms with van der Waals surface area (Å²) < 4.78 is 21.9. The molecule has 2 amide bonds. The van der Waals surface area contributed by atoms with Gasteiger partial charge < -0.3 is 23.8 Å². The number of methoxy groups -OCH3 is 1. The molecule has 3 aliphatic heterocycles. The van der Waals surface area contributed by atoms with Crippen molar-refractivity contribution in [3.05, 3.63) is 35.7 Å². The molecule has 1 unspecified atom stereocenters. The van der Waals surface area contributed by atoms with Gasteiger partial charge in [0.05, 0.1) is 31.6 Å². The van der Waals surface area contributed by atoms with Crippen LogP contribution in [0.5, 0.6) is 5.75 Å². The van der Waals surface area contributed by atoms with Crippen LogP contribution in [0.25, 0.3) is 0 Å². The van der Waals surface area contributed by atoms with Crippen LogP contribution < -0.4 is 19.9 Å². The molecule has 0 aromatic carbocycles. The smallest absolute Gasteiger partial charge is 0.356 e. The number of urea groups is 1. The van der Waals surface area contributed by atoms with Crippen molar-refractivity contribution in [1.29, 1.82) is 0 Å². The van der Waals surface area contributed by atoms with Crippen molar-refractivity contribution in [2.24, 2.45) is 0 Å². The van der Waals surface area contributed by atoms with Crippen LogP contribution in [0.15, 0.2) is 24.4 Å². The zero-order valence-electron chi connectivity index (χ0n) is 20.9. The quantitative estimate of drug-likeness (QED) is 0.622. The maximum absolute atomic E-state index is 13.5. The number of nitrogens with zero attached hydrogens (tertiary/aromatic N) is 4. The summed E-state index contributed by atoms with van der Waals surface area (Å²) >= 11 is 0. The molecule has 0 radical (unpaired) electrons. The zero-order chi connectivity index (χ0) is 25.4. The number of pyridine rings is 2. The van der Waals surface area contributed by atoms with Gasteiger partial charge in [0, 0.05) is 13.1 Å². The van der Waals surface area contributed by atoms with Crippen molar-refractivity contribution in [2.45, 2.75) is 51.5 Å². The van der Waals surface area contributed by atoms with Crippen LogP contribution in [0.4, 0.5) is 22.1 Å². The first-order valence-electron chi connectivity index (χ1n) is 12.1. The van der Waals surface area contributed by atoms with Gasteiger partial charge in [-0.15, -0.1) is 0 Å². The van der Waals surface area contributed by atoms with E-state index in [4.69, 9.17) is 18.9 Å². The standard InChI is InChI=1S/C25H31N5O6/c1-15-10-19(23(31)33-4)27-22-21(15)29-9-5-6-16(12-29)30(22)24(32)28-20-8-7-17(11-26-20)34-13-18-14-35-25(2,3)36-18/h7-8,10-11,16,18H,5-6,9,12-14H2,1-4H3,(H,26,28,32)/t16?,18-/m1/s1. The molecule has 0 spiro atoms. The van der Waals surface area contributed by atoms with Crippen LogP contribution in [-0.2, 0) is 14.2 Å². The summed E-state index contributed by atoms with van der Waals surface area (Å²) in [5.41, 5.74) is 1.91. The lowest BCUT2D eigenvalue weighted by Crippen LogP contribution is -2.56. The van der Waals surface area contributed by atoms with Gasteiger partial charge in [-0.2, -0.15) is 0 Å². The number of amides is 2. The third kappa shape index (κ3) is 4.80. The highest BCUT2D eigenvalue weighted by Gasteiger charge is 2.40. The summed E-state index contributed by atoms with van der Waals surface area (Å²) in [7, 11) is 1.32. The summed E-state index contributed by atoms with van der Waals surface area (Å²) in [6.07, 6.45) is 3.21. The fraction of sp³-hybridized carbons (Fsp3) is 0.520. The van der Waals surface area contributed by atoms with Gasteiger partial charge in [0.1, 0.15) is 24.3 Å². The summed E-state index contributed by atoms with van der Waals surface area (Å²) in [4.78, 5) is 38.5. The van der Waals surface area contributed by atoms with E-state index in [9.17, 15) is 9.59 Å². The number of hydrogen-bond acceptors (Lipinski definition) is 9. The molecule has 2 bridgehead atoms. The van der Waals surface area contributed by atoms with Crippen molar-refractivity contribution in [1.82, 2.24) is 9.97 Å².